The second kappa shape index (κ2) is 5.95. The van der Waals surface area contributed by atoms with E-state index in [-0.39, 0.29) is 59.3 Å². The maximum atomic E-state index is 14.4. The Morgan fingerprint density at radius 3 is 2.70 bits per heavy atom. The average Bonchev–Trinajstić information content (AvgIpc) is 3.26. The maximum absolute atomic E-state index is 14.4. The molecule has 13 atom stereocenters. The third-order valence-electron chi connectivity index (χ3n) is 12.5. The highest BCUT2D eigenvalue weighted by Gasteiger charge is 2.94. The average molecular weight is 507 g/mol. The molecule has 9 aliphatic rings. The predicted molar refractivity (Wildman–Crippen MR) is 129 cm³/mol. The zero-order chi connectivity index (χ0) is 25.4. The Kier molecular flexibility index (Phi) is 3.52. The van der Waals surface area contributed by atoms with Gasteiger partial charge in [-0.05, 0) is 43.8 Å². The molecule has 196 valence electrons. The summed E-state index contributed by atoms with van der Waals surface area (Å²) < 4.78 is 31.8. The highest BCUT2D eigenvalue weighted by Crippen LogP contribution is 2.87. The number of carbonyl (C=O) groups is 2. The summed E-state index contributed by atoms with van der Waals surface area (Å²) in [6.07, 6.45) is 13.5. The van der Waals surface area contributed by atoms with Crippen molar-refractivity contribution in [1.29, 1.82) is 0 Å². The van der Waals surface area contributed by atoms with E-state index in [1.54, 1.807) is 0 Å². The third-order valence-corrected chi connectivity index (χ3v) is 12.5. The van der Waals surface area contributed by atoms with Gasteiger partial charge in [-0.15, -0.1) is 0 Å². The lowest BCUT2D eigenvalue weighted by Crippen LogP contribution is -2.54. The first-order valence-electron chi connectivity index (χ1n) is 14.1. The van der Waals surface area contributed by atoms with E-state index < -0.39 is 27.8 Å². The van der Waals surface area contributed by atoms with E-state index in [1.165, 1.54) is 0 Å². The summed E-state index contributed by atoms with van der Waals surface area (Å²) in [5, 5.41) is 0. The summed E-state index contributed by atoms with van der Waals surface area (Å²) in [6, 6.07) is 0. The van der Waals surface area contributed by atoms with Gasteiger partial charge in [0.1, 0.15) is 23.4 Å². The van der Waals surface area contributed by atoms with Crippen LogP contribution in [0.5, 0.6) is 0 Å². The molecule has 7 nitrogen and oxygen atoms in total. The molecule has 2 saturated carbocycles. The van der Waals surface area contributed by atoms with Gasteiger partial charge in [0.25, 0.3) is 0 Å². The second-order valence-electron chi connectivity index (χ2n) is 13.9. The van der Waals surface area contributed by atoms with Gasteiger partial charge in [-0.25, -0.2) is 0 Å². The third kappa shape index (κ3) is 2.00. The number of allylic oxidation sites excluding steroid dienone is 1. The molecule has 6 fully saturated rings. The molecule has 7 heteroatoms. The van der Waals surface area contributed by atoms with E-state index >= 15 is 0 Å². The molecule has 0 unspecified atom stereocenters. The summed E-state index contributed by atoms with van der Waals surface area (Å²) in [4.78, 5) is 27.0. The number of fused-ring (bicyclic) bond motifs is 5. The van der Waals surface area contributed by atoms with Crippen LogP contribution in [-0.4, -0.2) is 53.8 Å². The largest absolute Gasteiger partial charge is 0.462 e. The molecule has 4 aliphatic carbocycles. The highest BCUT2D eigenvalue weighted by atomic mass is 16.8. The van der Waals surface area contributed by atoms with Crippen LogP contribution in [0.15, 0.2) is 36.0 Å². The molecule has 9 rings (SSSR count). The van der Waals surface area contributed by atoms with Gasteiger partial charge < -0.3 is 23.7 Å². The summed E-state index contributed by atoms with van der Waals surface area (Å²) in [7, 11) is 0. The lowest BCUT2D eigenvalue weighted by molar-refractivity contribution is -0.159. The minimum absolute atomic E-state index is 0.0187. The van der Waals surface area contributed by atoms with E-state index in [0.29, 0.717) is 13.0 Å². The van der Waals surface area contributed by atoms with Crippen molar-refractivity contribution in [2.75, 3.05) is 6.61 Å². The zero-order valence-corrected chi connectivity index (χ0v) is 21.8. The predicted octanol–water partition coefficient (Wildman–Crippen LogP) is 3.63. The normalized spacial score (nSPS) is 63.1. The van der Waals surface area contributed by atoms with Gasteiger partial charge in [-0.1, -0.05) is 45.1 Å². The van der Waals surface area contributed by atoms with Gasteiger partial charge in [0.15, 0.2) is 5.79 Å². The Balaban J connectivity index is 1.20. The second-order valence-corrected chi connectivity index (χ2v) is 13.9. The molecule has 5 aliphatic heterocycles. The minimum Gasteiger partial charge on any atom is -0.462 e. The van der Waals surface area contributed by atoms with Gasteiger partial charge >= 0.3 is 11.9 Å². The molecule has 37 heavy (non-hydrogen) atoms. The van der Waals surface area contributed by atoms with Crippen molar-refractivity contribution in [1.82, 2.24) is 0 Å². The minimum atomic E-state index is -0.723. The first-order valence-corrected chi connectivity index (χ1v) is 14.1. The Hall–Kier alpha value is -1.96. The molecular weight excluding hydrogens is 472 g/mol. The van der Waals surface area contributed by atoms with E-state index in [9.17, 15) is 9.59 Å². The molecule has 4 saturated heterocycles. The maximum Gasteiger partial charge on any atom is 0.313 e. The summed E-state index contributed by atoms with van der Waals surface area (Å²) in [5.41, 5.74) is -1.40. The zero-order valence-electron chi connectivity index (χ0n) is 21.8. The molecule has 5 heterocycles. The van der Waals surface area contributed by atoms with Gasteiger partial charge in [-0.3, -0.25) is 9.59 Å². The van der Waals surface area contributed by atoms with Crippen molar-refractivity contribution < 1.29 is 33.3 Å². The van der Waals surface area contributed by atoms with E-state index in [4.69, 9.17) is 23.7 Å². The van der Waals surface area contributed by atoms with Crippen molar-refractivity contribution in [2.45, 2.75) is 88.7 Å². The van der Waals surface area contributed by atoms with Crippen molar-refractivity contribution in [3.05, 3.63) is 36.0 Å². The fraction of sp³-hybridized carbons (Fsp3) is 0.733. The molecular formula is C30H34O7. The van der Waals surface area contributed by atoms with Crippen LogP contribution in [0, 0.1) is 39.9 Å². The van der Waals surface area contributed by atoms with Crippen LogP contribution in [-0.2, 0) is 33.3 Å². The smallest absolute Gasteiger partial charge is 0.313 e. The molecule has 0 N–H and O–H groups in total. The summed E-state index contributed by atoms with van der Waals surface area (Å²) >= 11 is 0. The molecule has 0 radical (unpaired) electrons. The van der Waals surface area contributed by atoms with Crippen LogP contribution in [0.4, 0.5) is 0 Å². The topological polar surface area (TPSA) is 83.6 Å². The van der Waals surface area contributed by atoms with E-state index in [0.717, 1.165) is 24.8 Å². The van der Waals surface area contributed by atoms with Gasteiger partial charge in [0.05, 0.1) is 24.0 Å². The molecule has 0 aromatic carbocycles. The first-order chi connectivity index (χ1) is 17.5. The van der Waals surface area contributed by atoms with Crippen LogP contribution >= 0.6 is 0 Å². The number of esters is 2. The number of hydrogen-bond donors (Lipinski definition) is 0. The molecule has 4 bridgehead atoms. The quantitative estimate of drug-likeness (QED) is 0.282. The van der Waals surface area contributed by atoms with Crippen molar-refractivity contribution >= 4 is 11.9 Å². The monoisotopic (exact) mass is 506 g/mol. The van der Waals surface area contributed by atoms with E-state index in [1.807, 2.05) is 19.9 Å². The summed E-state index contributed by atoms with van der Waals surface area (Å²) in [5.74, 6) is -0.949. The number of carbonyl (C=O) groups excluding carboxylic acids is 2. The molecule has 0 aromatic heterocycles. The van der Waals surface area contributed by atoms with Crippen molar-refractivity contribution in [3.63, 3.8) is 0 Å². The van der Waals surface area contributed by atoms with Gasteiger partial charge in [-0.2, -0.15) is 0 Å². The first kappa shape index (κ1) is 21.9. The lowest BCUT2D eigenvalue weighted by atomic mass is 9.51. The number of hydrogen-bond acceptors (Lipinski definition) is 7. The van der Waals surface area contributed by atoms with Crippen LogP contribution in [0.1, 0.15) is 53.4 Å². The Labute approximate surface area is 216 Å². The Morgan fingerprint density at radius 1 is 1.03 bits per heavy atom. The lowest BCUT2D eigenvalue weighted by Gasteiger charge is -2.48. The van der Waals surface area contributed by atoms with Gasteiger partial charge in [0, 0.05) is 29.1 Å². The number of rotatable bonds is 0. The molecule has 3 spiro atoms. The highest BCUT2D eigenvalue weighted by molar-refractivity contribution is 5.85. The standard InChI is InChI=1S/C30H34O7/c1-15-11-19-21(16(2)23(31)34-19)22-30(36-22)25(3)9-10-29(15,30)28(13-25)18-6-5-17-7-8-26(4)33-14-27(17,37-26)12-20(18)35-24(28)32/h5,7-10,15-16,18-22H,6,11-14H2,1-4H3/t15-,16+,18-,19+,20-,21+,22+,25-,26+,27+,28+,29-,30-/m0/s1. The Morgan fingerprint density at radius 2 is 1.86 bits per heavy atom. The summed E-state index contributed by atoms with van der Waals surface area (Å²) in [6.45, 7) is 8.92. The fourth-order valence-corrected chi connectivity index (χ4v) is 11.1. The SMILES string of the molecule is C[C@H]1C(=O)O[C@@H]2C[C@H](C)[C@@]34C=C[C@@](C)(C[C@@]35C(=O)O[C@H]3C[C@@]67CO[C@@](C)(C=CC6=CC[C@@H]35)O7)[C@]43O[C@@H]3[C@@H]21. The van der Waals surface area contributed by atoms with Crippen molar-refractivity contribution in [3.8, 4) is 0 Å². The molecule has 0 amide bonds. The number of ether oxygens (including phenoxy) is 5. The Bertz CT molecular complexity index is 1280. The van der Waals surface area contributed by atoms with Gasteiger partial charge in [0.2, 0.25) is 0 Å². The van der Waals surface area contributed by atoms with Crippen LogP contribution in [0.3, 0.4) is 0 Å². The van der Waals surface area contributed by atoms with Crippen LogP contribution < -0.4 is 0 Å². The van der Waals surface area contributed by atoms with E-state index in [2.05, 4.69) is 38.2 Å². The van der Waals surface area contributed by atoms with Crippen LogP contribution in [0.25, 0.3) is 0 Å². The fourth-order valence-electron chi connectivity index (χ4n) is 11.1. The number of epoxide rings is 1. The van der Waals surface area contributed by atoms with Crippen molar-refractivity contribution in [2.24, 2.45) is 39.9 Å². The molecule has 0 aromatic rings. The van der Waals surface area contributed by atoms with Crippen LogP contribution in [0.2, 0.25) is 0 Å².